The Morgan fingerprint density at radius 1 is 1.34 bits per heavy atom. The van der Waals surface area contributed by atoms with Crippen LogP contribution in [0.2, 0.25) is 5.02 Å². The van der Waals surface area contributed by atoms with Gasteiger partial charge in [-0.2, -0.15) is 0 Å². The van der Waals surface area contributed by atoms with E-state index >= 15 is 0 Å². The average molecular weight is 430 g/mol. The number of rotatable bonds is 8. The number of methoxy groups -OCH3 is 1. The summed E-state index contributed by atoms with van der Waals surface area (Å²) >= 11 is 7.22. The largest absolute Gasteiger partial charge is 0.496 e. The number of halogens is 1. The van der Waals surface area contributed by atoms with Crippen molar-refractivity contribution in [1.82, 2.24) is 14.9 Å². The number of fused-ring (bicyclic) bond motifs is 1. The van der Waals surface area contributed by atoms with Gasteiger partial charge < -0.3 is 10.1 Å². The fraction of sp³-hybridized carbons (Fsp3) is 0.190. The number of carbonyl (C=O) groups excluding carboxylic acids is 1. The Bertz CT molecular complexity index is 1110. The number of benzene rings is 2. The highest BCUT2D eigenvalue weighted by atomic mass is 35.5. The number of thioether (sulfide) groups is 1. The molecule has 0 bridgehead atoms. The summed E-state index contributed by atoms with van der Waals surface area (Å²) in [6.07, 6.45) is 1.62. The van der Waals surface area contributed by atoms with E-state index in [1.54, 1.807) is 31.4 Å². The van der Waals surface area contributed by atoms with E-state index in [0.29, 0.717) is 39.9 Å². The summed E-state index contributed by atoms with van der Waals surface area (Å²) in [7, 11) is 1.59. The molecule has 0 fully saturated rings. The van der Waals surface area contributed by atoms with Gasteiger partial charge in [0.2, 0.25) is 5.91 Å². The zero-order valence-corrected chi connectivity index (χ0v) is 17.4. The molecule has 6 nitrogen and oxygen atoms in total. The Labute approximate surface area is 177 Å². The first-order valence-corrected chi connectivity index (χ1v) is 10.2. The summed E-state index contributed by atoms with van der Waals surface area (Å²) in [6, 6.07) is 12.4. The molecular weight excluding hydrogens is 410 g/mol. The van der Waals surface area contributed by atoms with Crippen molar-refractivity contribution in [2.75, 3.05) is 12.9 Å². The van der Waals surface area contributed by atoms with Crippen LogP contribution in [0.4, 0.5) is 0 Å². The molecule has 0 aliphatic rings. The molecule has 1 amide bonds. The number of hydrogen-bond donors (Lipinski definition) is 1. The lowest BCUT2D eigenvalue weighted by Crippen LogP contribution is -2.26. The van der Waals surface area contributed by atoms with E-state index in [1.165, 1.54) is 16.3 Å². The molecule has 8 heteroatoms. The number of ether oxygens (including phenoxy) is 1. The molecule has 1 aromatic heterocycles. The number of aromatic nitrogens is 2. The van der Waals surface area contributed by atoms with Gasteiger partial charge in [-0.25, -0.2) is 4.98 Å². The third-order valence-corrected chi connectivity index (χ3v) is 5.41. The quantitative estimate of drug-likeness (QED) is 0.336. The number of carbonyl (C=O) groups is 1. The molecule has 2 aromatic carbocycles. The molecule has 0 aliphatic heterocycles. The molecule has 150 valence electrons. The SMILES string of the molecule is C=CCn1c(SCC(=O)NCc2ccccc2OC)nc2cc(Cl)ccc2c1=O. The summed E-state index contributed by atoms with van der Waals surface area (Å²) < 4.78 is 6.79. The lowest BCUT2D eigenvalue weighted by Gasteiger charge is -2.12. The molecule has 0 aliphatic carbocycles. The van der Waals surface area contributed by atoms with E-state index in [4.69, 9.17) is 16.3 Å². The standard InChI is InChI=1S/C21H20ClN3O3S/c1-3-10-25-20(27)16-9-8-15(22)11-17(16)24-21(25)29-13-19(26)23-12-14-6-4-5-7-18(14)28-2/h3-9,11H,1,10,12-13H2,2H3,(H,23,26). The summed E-state index contributed by atoms with van der Waals surface area (Å²) in [4.78, 5) is 29.6. The molecular formula is C21H20ClN3O3S. The number of para-hydroxylation sites is 1. The summed E-state index contributed by atoms with van der Waals surface area (Å²) in [5.41, 5.74) is 1.19. The van der Waals surface area contributed by atoms with Crippen molar-refractivity contribution in [3.8, 4) is 5.75 Å². The van der Waals surface area contributed by atoms with Crippen molar-refractivity contribution in [2.45, 2.75) is 18.2 Å². The van der Waals surface area contributed by atoms with Crippen LogP contribution >= 0.6 is 23.4 Å². The molecule has 0 spiro atoms. The van der Waals surface area contributed by atoms with Gasteiger partial charge in [0.15, 0.2) is 5.16 Å². The number of amides is 1. The minimum Gasteiger partial charge on any atom is -0.496 e. The predicted octanol–water partition coefficient (Wildman–Crippen LogP) is 3.65. The lowest BCUT2D eigenvalue weighted by atomic mass is 10.2. The average Bonchev–Trinajstić information content (AvgIpc) is 2.73. The first-order chi connectivity index (χ1) is 14.0. The second kappa shape index (κ2) is 9.62. The molecule has 3 aromatic rings. The van der Waals surface area contributed by atoms with E-state index in [0.717, 1.165) is 5.56 Å². The predicted molar refractivity (Wildman–Crippen MR) is 117 cm³/mol. The Balaban J connectivity index is 1.75. The van der Waals surface area contributed by atoms with Gasteiger partial charge in [-0.3, -0.25) is 14.2 Å². The first kappa shape index (κ1) is 21.0. The Morgan fingerprint density at radius 2 is 2.14 bits per heavy atom. The van der Waals surface area contributed by atoms with Gasteiger partial charge in [0.05, 0.1) is 23.8 Å². The monoisotopic (exact) mass is 429 g/mol. The second-order valence-electron chi connectivity index (χ2n) is 6.14. The molecule has 1 heterocycles. The zero-order chi connectivity index (χ0) is 20.8. The molecule has 3 rings (SSSR count). The first-order valence-electron chi connectivity index (χ1n) is 8.86. The topological polar surface area (TPSA) is 73.2 Å². The Morgan fingerprint density at radius 3 is 2.90 bits per heavy atom. The van der Waals surface area contributed by atoms with Gasteiger partial charge in [0, 0.05) is 23.7 Å². The van der Waals surface area contributed by atoms with Crippen molar-refractivity contribution >= 4 is 40.2 Å². The zero-order valence-electron chi connectivity index (χ0n) is 15.9. The third kappa shape index (κ3) is 4.99. The summed E-state index contributed by atoms with van der Waals surface area (Å²) in [6.45, 7) is 4.35. The highest BCUT2D eigenvalue weighted by Crippen LogP contribution is 2.21. The maximum atomic E-state index is 12.8. The third-order valence-electron chi connectivity index (χ3n) is 4.19. The molecule has 0 saturated heterocycles. The summed E-state index contributed by atoms with van der Waals surface area (Å²) in [5.74, 6) is 0.657. The van der Waals surface area contributed by atoms with Gasteiger partial charge in [-0.05, 0) is 24.3 Å². The van der Waals surface area contributed by atoms with Crippen LogP contribution in [0.3, 0.4) is 0 Å². The molecule has 0 unspecified atom stereocenters. The normalized spacial score (nSPS) is 10.7. The van der Waals surface area contributed by atoms with Crippen molar-refractivity contribution in [3.05, 3.63) is 76.1 Å². The molecule has 0 atom stereocenters. The highest BCUT2D eigenvalue weighted by molar-refractivity contribution is 7.99. The fourth-order valence-electron chi connectivity index (χ4n) is 2.80. The molecule has 29 heavy (non-hydrogen) atoms. The van der Waals surface area contributed by atoms with Crippen LogP contribution in [0, 0.1) is 0 Å². The van der Waals surface area contributed by atoms with E-state index in [1.807, 2.05) is 24.3 Å². The van der Waals surface area contributed by atoms with Crippen molar-refractivity contribution in [1.29, 1.82) is 0 Å². The van der Waals surface area contributed by atoms with Crippen LogP contribution in [0.15, 0.2) is 65.1 Å². The van der Waals surface area contributed by atoms with E-state index in [9.17, 15) is 9.59 Å². The van der Waals surface area contributed by atoms with Crippen LogP contribution in [0.5, 0.6) is 5.75 Å². The smallest absolute Gasteiger partial charge is 0.262 e. The van der Waals surface area contributed by atoms with Gasteiger partial charge >= 0.3 is 0 Å². The Kier molecular flexibility index (Phi) is 6.95. The maximum Gasteiger partial charge on any atom is 0.262 e. The highest BCUT2D eigenvalue weighted by Gasteiger charge is 2.13. The van der Waals surface area contributed by atoms with Crippen molar-refractivity contribution in [3.63, 3.8) is 0 Å². The number of hydrogen-bond acceptors (Lipinski definition) is 5. The van der Waals surface area contributed by atoms with E-state index in [2.05, 4.69) is 16.9 Å². The van der Waals surface area contributed by atoms with Crippen LogP contribution in [0.25, 0.3) is 10.9 Å². The van der Waals surface area contributed by atoms with Gasteiger partial charge in [-0.15, -0.1) is 6.58 Å². The van der Waals surface area contributed by atoms with E-state index in [-0.39, 0.29) is 17.2 Å². The maximum absolute atomic E-state index is 12.8. The molecule has 1 N–H and O–H groups in total. The van der Waals surface area contributed by atoms with Crippen LogP contribution in [0.1, 0.15) is 5.56 Å². The summed E-state index contributed by atoms with van der Waals surface area (Å²) in [5, 5.41) is 4.27. The minimum absolute atomic E-state index is 0.116. The number of nitrogens with one attached hydrogen (secondary N) is 1. The minimum atomic E-state index is -0.191. The second-order valence-corrected chi connectivity index (χ2v) is 7.52. The van der Waals surface area contributed by atoms with Gasteiger partial charge in [-0.1, -0.05) is 47.6 Å². The van der Waals surface area contributed by atoms with Crippen molar-refractivity contribution < 1.29 is 9.53 Å². The van der Waals surface area contributed by atoms with Crippen molar-refractivity contribution in [2.24, 2.45) is 0 Å². The van der Waals surface area contributed by atoms with Crippen LogP contribution in [-0.2, 0) is 17.9 Å². The van der Waals surface area contributed by atoms with Crippen LogP contribution in [-0.4, -0.2) is 28.3 Å². The van der Waals surface area contributed by atoms with Gasteiger partial charge in [0.1, 0.15) is 5.75 Å². The molecule has 0 radical (unpaired) electrons. The Hall–Kier alpha value is -2.77. The number of allylic oxidation sites excluding steroid dienone is 1. The lowest BCUT2D eigenvalue weighted by molar-refractivity contribution is -0.118. The number of nitrogens with zero attached hydrogens (tertiary/aromatic N) is 2. The fourth-order valence-corrected chi connectivity index (χ4v) is 3.80. The van der Waals surface area contributed by atoms with Gasteiger partial charge in [0.25, 0.3) is 5.56 Å². The molecule has 0 saturated carbocycles. The van der Waals surface area contributed by atoms with Crippen LogP contribution < -0.4 is 15.6 Å². The van der Waals surface area contributed by atoms with E-state index < -0.39 is 0 Å².